The van der Waals surface area contributed by atoms with Crippen LogP contribution in [0.15, 0.2) is 42.5 Å². The Labute approximate surface area is 157 Å². The van der Waals surface area contributed by atoms with Crippen molar-refractivity contribution in [2.24, 2.45) is 0 Å². The standard InChI is InChI=1S/C21H20N2O4/c1-14(25-17-7-4-15(13-22)5-8-17)20(24)23-16-6-9-18-19(12-16)27-21(26-18)10-2-3-11-21/h4-9,12,14H,2-3,10-11H2,1H3,(H,23,24)/t14-/m0/s1. The maximum absolute atomic E-state index is 12.4. The summed E-state index contributed by atoms with van der Waals surface area (Å²) in [6.07, 6.45) is 3.28. The van der Waals surface area contributed by atoms with Gasteiger partial charge in [-0.25, -0.2) is 0 Å². The summed E-state index contributed by atoms with van der Waals surface area (Å²) in [7, 11) is 0. The zero-order valence-corrected chi connectivity index (χ0v) is 15.0. The number of fused-ring (bicyclic) bond motifs is 1. The number of amides is 1. The van der Waals surface area contributed by atoms with Crippen LogP contribution in [0.2, 0.25) is 0 Å². The van der Waals surface area contributed by atoms with Crippen LogP contribution < -0.4 is 19.5 Å². The zero-order valence-electron chi connectivity index (χ0n) is 15.0. The number of hydrogen-bond acceptors (Lipinski definition) is 5. The minimum Gasteiger partial charge on any atom is -0.481 e. The Kier molecular flexibility index (Phi) is 4.36. The van der Waals surface area contributed by atoms with E-state index in [1.165, 1.54) is 0 Å². The van der Waals surface area contributed by atoms with E-state index in [9.17, 15) is 4.79 Å². The summed E-state index contributed by atoms with van der Waals surface area (Å²) in [6, 6.07) is 14.1. The van der Waals surface area contributed by atoms with Crippen LogP contribution >= 0.6 is 0 Å². The van der Waals surface area contributed by atoms with Gasteiger partial charge in [-0.1, -0.05) is 0 Å². The predicted molar refractivity (Wildman–Crippen MR) is 98.8 cm³/mol. The molecule has 1 atom stereocenters. The summed E-state index contributed by atoms with van der Waals surface area (Å²) in [5, 5.41) is 11.7. The Morgan fingerprint density at radius 3 is 2.56 bits per heavy atom. The molecule has 1 aliphatic heterocycles. The van der Waals surface area contributed by atoms with Crippen LogP contribution in [0.3, 0.4) is 0 Å². The number of carbonyl (C=O) groups excluding carboxylic acids is 1. The third kappa shape index (κ3) is 3.54. The Hall–Kier alpha value is -3.20. The first-order valence-electron chi connectivity index (χ1n) is 9.07. The molecular weight excluding hydrogens is 344 g/mol. The fourth-order valence-electron chi connectivity index (χ4n) is 3.40. The molecular formula is C21H20N2O4. The summed E-state index contributed by atoms with van der Waals surface area (Å²) >= 11 is 0. The molecule has 0 radical (unpaired) electrons. The number of rotatable bonds is 4. The highest BCUT2D eigenvalue weighted by Crippen LogP contribution is 2.47. The Morgan fingerprint density at radius 1 is 1.15 bits per heavy atom. The minimum absolute atomic E-state index is 0.270. The number of ether oxygens (including phenoxy) is 3. The smallest absolute Gasteiger partial charge is 0.265 e. The molecule has 0 unspecified atom stereocenters. The van der Waals surface area contributed by atoms with E-state index in [2.05, 4.69) is 5.32 Å². The van der Waals surface area contributed by atoms with Crippen LogP contribution in [-0.4, -0.2) is 17.8 Å². The number of carbonyl (C=O) groups is 1. The van der Waals surface area contributed by atoms with Crippen molar-refractivity contribution in [3.8, 4) is 23.3 Å². The van der Waals surface area contributed by atoms with Gasteiger partial charge in [0.2, 0.25) is 0 Å². The van der Waals surface area contributed by atoms with Crippen LogP contribution in [0.25, 0.3) is 0 Å². The molecule has 1 N–H and O–H groups in total. The first kappa shape index (κ1) is 17.2. The fourth-order valence-corrected chi connectivity index (χ4v) is 3.40. The number of nitrogens with one attached hydrogen (secondary N) is 1. The second-order valence-corrected chi connectivity index (χ2v) is 6.87. The fraction of sp³-hybridized carbons (Fsp3) is 0.333. The van der Waals surface area contributed by atoms with Gasteiger partial charge in [0, 0.05) is 24.6 Å². The molecule has 1 spiro atoms. The molecule has 0 aromatic heterocycles. The van der Waals surface area contributed by atoms with Crippen molar-refractivity contribution in [2.75, 3.05) is 5.32 Å². The van der Waals surface area contributed by atoms with Gasteiger partial charge in [-0.05, 0) is 56.2 Å². The summed E-state index contributed by atoms with van der Waals surface area (Å²) in [4.78, 5) is 12.4. The number of nitrogens with zero attached hydrogens (tertiary/aromatic N) is 1. The predicted octanol–water partition coefficient (Wildman–Crippen LogP) is 4.01. The normalized spacial score (nSPS) is 17.3. The van der Waals surface area contributed by atoms with E-state index in [0.29, 0.717) is 22.7 Å². The van der Waals surface area contributed by atoms with Gasteiger partial charge in [-0.15, -0.1) is 0 Å². The molecule has 0 saturated heterocycles. The molecule has 1 heterocycles. The van der Waals surface area contributed by atoms with Gasteiger partial charge < -0.3 is 19.5 Å². The second kappa shape index (κ2) is 6.84. The van der Waals surface area contributed by atoms with Crippen molar-refractivity contribution in [1.82, 2.24) is 0 Å². The lowest BCUT2D eigenvalue weighted by Crippen LogP contribution is -2.34. The van der Waals surface area contributed by atoms with Gasteiger partial charge in [-0.3, -0.25) is 4.79 Å². The minimum atomic E-state index is -0.690. The Morgan fingerprint density at radius 2 is 1.85 bits per heavy atom. The van der Waals surface area contributed by atoms with E-state index in [1.807, 2.05) is 12.1 Å². The molecule has 2 aliphatic rings. The van der Waals surface area contributed by atoms with Gasteiger partial charge in [0.1, 0.15) is 5.75 Å². The Bertz CT molecular complexity index is 895. The van der Waals surface area contributed by atoms with Gasteiger partial charge in [-0.2, -0.15) is 5.26 Å². The number of hydrogen-bond donors (Lipinski definition) is 1. The van der Waals surface area contributed by atoms with E-state index < -0.39 is 11.9 Å². The van der Waals surface area contributed by atoms with Gasteiger partial charge in [0.25, 0.3) is 11.7 Å². The molecule has 4 rings (SSSR count). The first-order valence-corrected chi connectivity index (χ1v) is 9.07. The van der Waals surface area contributed by atoms with Crippen molar-refractivity contribution in [2.45, 2.75) is 44.5 Å². The summed E-state index contributed by atoms with van der Waals surface area (Å²) in [6.45, 7) is 1.67. The van der Waals surface area contributed by atoms with E-state index in [4.69, 9.17) is 19.5 Å². The number of nitriles is 1. The molecule has 2 aromatic carbocycles. The third-order valence-corrected chi connectivity index (χ3v) is 4.83. The topological polar surface area (TPSA) is 80.6 Å². The van der Waals surface area contributed by atoms with E-state index in [0.717, 1.165) is 31.4 Å². The lowest BCUT2D eigenvalue weighted by molar-refractivity contribution is -0.122. The van der Waals surface area contributed by atoms with Crippen molar-refractivity contribution in [1.29, 1.82) is 5.26 Å². The molecule has 2 aromatic rings. The maximum Gasteiger partial charge on any atom is 0.265 e. The average molecular weight is 364 g/mol. The van der Waals surface area contributed by atoms with Gasteiger partial charge >= 0.3 is 0 Å². The lowest BCUT2D eigenvalue weighted by Gasteiger charge is -2.21. The zero-order chi connectivity index (χ0) is 18.9. The van der Waals surface area contributed by atoms with Crippen LogP contribution in [0.1, 0.15) is 38.2 Å². The molecule has 6 heteroatoms. The third-order valence-electron chi connectivity index (χ3n) is 4.83. The van der Waals surface area contributed by atoms with Gasteiger partial charge in [0.15, 0.2) is 17.6 Å². The van der Waals surface area contributed by atoms with Gasteiger partial charge in [0.05, 0.1) is 11.6 Å². The van der Waals surface area contributed by atoms with E-state index in [1.54, 1.807) is 43.3 Å². The highest BCUT2D eigenvalue weighted by atomic mass is 16.7. The molecule has 1 amide bonds. The summed E-state index contributed by atoms with van der Waals surface area (Å²) in [5.41, 5.74) is 1.17. The van der Waals surface area contributed by atoms with Crippen LogP contribution in [0.5, 0.6) is 17.2 Å². The molecule has 6 nitrogen and oxygen atoms in total. The number of anilines is 1. The summed E-state index contributed by atoms with van der Waals surface area (Å²) in [5.74, 6) is 1.13. The molecule has 138 valence electrons. The monoisotopic (exact) mass is 364 g/mol. The van der Waals surface area contributed by atoms with E-state index >= 15 is 0 Å². The van der Waals surface area contributed by atoms with Crippen LogP contribution in [0.4, 0.5) is 5.69 Å². The number of benzene rings is 2. The second-order valence-electron chi connectivity index (χ2n) is 6.87. The van der Waals surface area contributed by atoms with Crippen molar-refractivity contribution >= 4 is 11.6 Å². The highest BCUT2D eigenvalue weighted by Gasteiger charge is 2.44. The van der Waals surface area contributed by atoms with Crippen molar-refractivity contribution in [3.05, 3.63) is 48.0 Å². The molecule has 27 heavy (non-hydrogen) atoms. The van der Waals surface area contributed by atoms with Crippen LogP contribution in [-0.2, 0) is 4.79 Å². The molecule has 1 fully saturated rings. The molecule has 1 saturated carbocycles. The first-order chi connectivity index (χ1) is 13.1. The van der Waals surface area contributed by atoms with Crippen molar-refractivity contribution in [3.63, 3.8) is 0 Å². The van der Waals surface area contributed by atoms with Crippen LogP contribution in [0, 0.1) is 11.3 Å². The maximum atomic E-state index is 12.4. The van der Waals surface area contributed by atoms with E-state index in [-0.39, 0.29) is 5.91 Å². The summed E-state index contributed by atoms with van der Waals surface area (Å²) < 4.78 is 17.6. The molecule has 0 bridgehead atoms. The Balaban J connectivity index is 1.39. The quantitative estimate of drug-likeness (QED) is 0.887. The lowest BCUT2D eigenvalue weighted by atomic mass is 10.2. The molecule has 1 aliphatic carbocycles. The highest BCUT2D eigenvalue weighted by molar-refractivity contribution is 5.94. The largest absolute Gasteiger partial charge is 0.481 e. The SMILES string of the molecule is C[C@H](Oc1ccc(C#N)cc1)C(=O)Nc1ccc2c(c1)OC1(CCCC1)O2. The van der Waals surface area contributed by atoms with Crippen molar-refractivity contribution < 1.29 is 19.0 Å². The average Bonchev–Trinajstić information content (AvgIpc) is 3.27.